The molecule has 1 aromatic carbocycles. The number of para-hydroxylation sites is 1. The van der Waals surface area contributed by atoms with Crippen LogP contribution in [0.15, 0.2) is 24.3 Å². The lowest BCUT2D eigenvalue weighted by molar-refractivity contribution is -0.144. The van der Waals surface area contributed by atoms with Gasteiger partial charge in [0, 0.05) is 12.7 Å². The molecule has 4 nitrogen and oxygen atoms in total. The minimum Gasteiger partial charge on any atom is -0.496 e. The van der Waals surface area contributed by atoms with Crippen LogP contribution < -0.4 is 4.74 Å². The van der Waals surface area contributed by atoms with Crippen LogP contribution in [0.5, 0.6) is 5.75 Å². The molecule has 88 valence electrons. The third-order valence-electron chi connectivity index (χ3n) is 2.08. The molecule has 1 aromatic rings. The molecule has 0 aliphatic carbocycles. The molecular weight excluding hydrogens is 208 g/mol. The van der Waals surface area contributed by atoms with Gasteiger partial charge in [-0.25, -0.2) is 0 Å². The second-order valence-corrected chi connectivity index (χ2v) is 3.20. The van der Waals surface area contributed by atoms with E-state index in [0.717, 1.165) is 5.56 Å². The summed E-state index contributed by atoms with van der Waals surface area (Å²) in [6.45, 7) is 0.697. The van der Waals surface area contributed by atoms with Crippen LogP contribution in [0, 0.1) is 0 Å². The van der Waals surface area contributed by atoms with Gasteiger partial charge in [-0.2, -0.15) is 0 Å². The van der Waals surface area contributed by atoms with Crippen LogP contribution in [0.1, 0.15) is 5.56 Å². The van der Waals surface area contributed by atoms with E-state index in [1.54, 1.807) is 14.2 Å². The first-order valence-electron chi connectivity index (χ1n) is 5.04. The fraction of sp³-hybridized carbons (Fsp3) is 0.417. The zero-order chi connectivity index (χ0) is 11.8. The molecule has 0 aliphatic rings. The SMILES string of the molecule is COCCOC(=O)Cc1ccccc1OC. The Labute approximate surface area is 95.1 Å². The van der Waals surface area contributed by atoms with Gasteiger partial charge in [0.15, 0.2) is 0 Å². The summed E-state index contributed by atoms with van der Waals surface area (Å²) in [6.07, 6.45) is 0.216. The highest BCUT2D eigenvalue weighted by Crippen LogP contribution is 2.17. The van der Waals surface area contributed by atoms with Gasteiger partial charge in [0.25, 0.3) is 0 Å². The number of rotatable bonds is 6. The molecule has 0 saturated carbocycles. The molecule has 0 unspecified atom stereocenters. The van der Waals surface area contributed by atoms with Gasteiger partial charge in [0.1, 0.15) is 12.4 Å². The normalized spacial score (nSPS) is 9.88. The minimum absolute atomic E-state index is 0.216. The zero-order valence-corrected chi connectivity index (χ0v) is 9.56. The van der Waals surface area contributed by atoms with Crippen LogP contribution in [0.3, 0.4) is 0 Å². The average Bonchev–Trinajstić information content (AvgIpc) is 2.30. The lowest BCUT2D eigenvalue weighted by Gasteiger charge is -2.08. The summed E-state index contributed by atoms with van der Waals surface area (Å²) in [7, 11) is 3.14. The molecule has 0 N–H and O–H groups in total. The fourth-order valence-corrected chi connectivity index (χ4v) is 1.29. The molecule has 0 saturated heterocycles. The average molecular weight is 224 g/mol. The van der Waals surface area contributed by atoms with Crippen LogP contribution in [0.25, 0.3) is 0 Å². The van der Waals surface area contributed by atoms with Crippen molar-refractivity contribution in [1.29, 1.82) is 0 Å². The first-order chi connectivity index (χ1) is 7.77. The van der Waals surface area contributed by atoms with Crippen molar-refractivity contribution in [3.8, 4) is 5.75 Å². The van der Waals surface area contributed by atoms with Crippen molar-refractivity contribution in [1.82, 2.24) is 0 Å². The summed E-state index contributed by atoms with van der Waals surface area (Å²) >= 11 is 0. The maximum Gasteiger partial charge on any atom is 0.310 e. The predicted octanol–water partition coefficient (Wildman–Crippen LogP) is 1.43. The van der Waals surface area contributed by atoms with Gasteiger partial charge < -0.3 is 14.2 Å². The molecule has 0 heterocycles. The number of carbonyl (C=O) groups excluding carboxylic acids is 1. The first-order valence-corrected chi connectivity index (χ1v) is 5.04. The summed E-state index contributed by atoms with van der Waals surface area (Å²) in [5.41, 5.74) is 0.826. The van der Waals surface area contributed by atoms with E-state index in [2.05, 4.69) is 0 Å². The van der Waals surface area contributed by atoms with Crippen molar-refractivity contribution in [3.05, 3.63) is 29.8 Å². The fourth-order valence-electron chi connectivity index (χ4n) is 1.29. The molecule has 0 aliphatic heterocycles. The third kappa shape index (κ3) is 3.90. The maximum absolute atomic E-state index is 11.4. The van der Waals surface area contributed by atoms with E-state index in [1.807, 2.05) is 24.3 Å². The number of ether oxygens (including phenoxy) is 3. The van der Waals surface area contributed by atoms with Crippen LogP contribution in [0.2, 0.25) is 0 Å². The van der Waals surface area contributed by atoms with E-state index < -0.39 is 0 Å². The molecule has 0 aromatic heterocycles. The van der Waals surface area contributed by atoms with Crippen LogP contribution in [-0.2, 0) is 20.7 Å². The van der Waals surface area contributed by atoms with E-state index in [1.165, 1.54) is 0 Å². The van der Waals surface area contributed by atoms with Crippen LogP contribution >= 0.6 is 0 Å². The smallest absolute Gasteiger partial charge is 0.310 e. The van der Waals surface area contributed by atoms with E-state index in [-0.39, 0.29) is 19.0 Å². The number of carbonyl (C=O) groups is 1. The van der Waals surface area contributed by atoms with E-state index >= 15 is 0 Å². The Morgan fingerprint density at radius 3 is 2.62 bits per heavy atom. The Hall–Kier alpha value is -1.55. The second kappa shape index (κ2) is 6.85. The van der Waals surface area contributed by atoms with Crippen molar-refractivity contribution >= 4 is 5.97 Å². The Kier molecular flexibility index (Phi) is 5.36. The standard InChI is InChI=1S/C12H16O4/c1-14-7-8-16-12(13)9-10-5-3-4-6-11(10)15-2/h3-6H,7-9H2,1-2H3. The van der Waals surface area contributed by atoms with Gasteiger partial charge >= 0.3 is 5.97 Å². The topological polar surface area (TPSA) is 44.8 Å². The third-order valence-corrected chi connectivity index (χ3v) is 2.08. The van der Waals surface area contributed by atoms with Gasteiger partial charge in [0.2, 0.25) is 0 Å². The molecule has 4 heteroatoms. The molecule has 16 heavy (non-hydrogen) atoms. The van der Waals surface area contributed by atoms with Crippen molar-refractivity contribution in [2.24, 2.45) is 0 Å². The molecule has 0 bridgehead atoms. The number of hydrogen-bond donors (Lipinski definition) is 0. The highest BCUT2D eigenvalue weighted by atomic mass is 16.6. The quantitative estimate of drug-likeness (QED) is 0.541. The van der Waals surface area contributed by atoms with Gasteiger partial charge in [-0.1, -0.05) is 18.2 Å². The van der Waals surface area contributed by atoms with Crippen molar-refractivity contribution in [2.75, 3.05) is 27.4 Å². The number of methoxy groups -OCH3 is 2. The van der Waals surface area contributed by atoms with E-state index in [0.29, 0.717) is 12.4 Å². The molecule has 1 rings (SSSR count). The molecule has 0 radical (unpaired) electrons. The minimum atomic E-state index is -0.276. The number of esters is 1. The van der Waals surface area contributed by atoms with Crippen LogP contribution in [0.4, 0.5) is 0 Å². The van der Waals surface area contributed by atoms with Gasteiger partial charge in [-0.3, -0.25) is 4.79 Å². The largest absolute Gasteiger partial charge is 0.496 e. The highest BCUT2D eigenvalue weighted by Gasteiger charge is 2.08. The molecule has 0 spiro atoms. The van der Waals surface area contributed by atoms with Crippen molar-refractivity contribution in [2.45, 2.75) is 6.42 Å². The van der Waals surface area contributed by atoms with Gasteiger partial charge in [-0.05, 0) is 6.07 Å². The Bertz CT molecular complexity index is 336. The van der Waals surface area contributed by atoms with Crippen molar-refractivity contribution in [3.63, 3.8) is 0 Å². The lowest BCUT2D eigenvalue weighted by atomic mass is 10.1. The molecule has 0 fully saturated rings. The molecular formula is C12H16O4. The van der Waals surface area contributed by atoms with E-state index in [4.69, 9.17) is 14.2 Å². The molecule has 0 amide bonds. The summed E-state index contributed by atoms with van der Waals surface area (Å²) < 4.78 is 14.9. The van der Waals surface area contributed by atoms with Crippen molar-refractivity contribution < 1.29 is 19.0 Å². The summed E-state index contributed by atoms with van der Waals surface area (Å²) in [5, 5.41) is 0. The summed E-state index contributed by atoms with van der Waals surface area (Å²) in [6, 6.07) is 7.38. The second-order valence-electron chi connectivity index (χ2n) is 3.20. The lowest BCUT2D eigenvalue weighted by Crippen LogP contribution is -2.12. The van der Waals surface area contributed by atoms with Crippen LogP contribution in [-0.4, -0.2) is 33.4 Å². The monoisotopic (exact) mass is 224 g/mol. The maximum atomic E-state index is 11.4. The Balaban J connectivity index is 2.49. The highest BCUT2D eigenvalue weighted by molar-refractivity contribution is 5.73. The Morgan fingerprint density at radius 1 is 1.19 bits per heavy atom. The predicted molar refractivity (Wildman–Crippen MR) is 59.5 cm³/mol. The zero-order valence-electron chi connectivity index (χ0n) is 9.56. The summed E-state index contributed by atoms with van der Waals surface area (Å²) in [4.78, 5) is 11.4. The summed E-state index contributed by atoms with van der Waals surface area (Å²) in [5.74, 6) is 0.424. The number of hydrogen-bond acceptors (Lipinski definition) is 4. The van der Waals surface area contributed by atoms with E-state index in [9.17, 15) is 4.79 Å². The van der Waals surface area contributed by atoms with Gasteiger partial charge in [-0.15, -0.1) is 0 Å². The van der Waals surface area contributed by atoms with Gasteiger partial charge in [0.05, 0.1) is 20.1 Å². The Morgan fingerprint density at radius 2 is 1.94 bits per heavy atom. The number of benzene rings is 1. The molecule has 0 atom stereocenters. The first kappa shape index (κ1) is 12.5.